The Hall–Kier alpha value is -2.87. The number of benzene rings is 1. The summed E-state index contributed by atoms with van der Waals surface area (Å²) in [7, 11) is 0. The van der Waals surface area contributed by atoms with Crippen LogP contribution in [-0.4, -0.2) is 40.6 Å². The number of ether oxygens (including phenoxy) is 2. The Balaban J connectivity index is 1.64. The van der Waals surface area contributed by atoms with E-state index in [0.29, 0.717) is 19.1 Å². The molecular formula is C21H24N4O4. The number of cyclic esters (lactones) is 1. The summed E-state index contributed by atoms with van der Waals surface area (Å²) >= 11 is 0. The van der Waals surface area contributed by atoms with Gasteiger partial charge in [-0.25, -0.2) is 9.78 Å². The fourth-order valence-corrected chi connectivity index (χ4v) is 4.46. The van der Waals surface area contributed by atoms with E-state index in [1.807, 2.05) is 13.8 Å². The highest BCUT2D eigenvalue weighted by molar-refractivity contribution is 5.84. The van der Waals surface area contributed by atoms with Crippen LogP contribution in [0.4, 0.5) is 4.79 Å². The third-order valence-corrected chi connectivity index (χ3v) is 5.84. The molecule has 2 fully saturated rings. The molecule has 0 radical (unpaired) electrons. The molecule has 0 aliphatic carbocycles. The molecule has 4 heterocycles. The van der Waals surface area contributed by atoms with Crippen LogP contribution in [-0.2, 0) is 9.47 Å². The molecule has 1 atom stereocenters. The summed E-state index contributed by atoms with van der Waals surface area (Å²) in [6.07, 6.45) is 2.18. The predicted octanol–water partition coefficient (Wildman–Crippen LogP) is 3.83. The summed E-state index contributed by atoms with van der Waals surface area (Å²) in [6.45, 7) is 5.74. The monoisotopic (exact) mass is 396 g/mol. The molecule has 0 unspecified atom stereocenters. The van der Waals surface area contributed by atoms with Crippen molar-refractivity contribution < 1.29 is 18.8 Å². The zero-order valence-corrected chi connectivity index (χ0v) is 16.6. The first-order valence-corrected chi connectivity index (χ1v) is 10.1. The van der Waals surface area contributed by atoms with Crippen LogP contribution < -0.4 is 5.32 Å². The number of hydrogen-bond acceptors (Lipinski definition) is 6. The third kappa shape index (κ3) is 3.17. The number of imidazole rings is 1. The second-order valence-electron chi connectivity index (χ2n) is 7.71. The zero-order chi connectivity index (χ0) is 20.0. The summed E-state index contributed by atoms with van der Waals surface area (Å²) < 4.78 is 18.3. The lowest BCUT2D eigenvalue weighted by Gasteiger charge is -2.29. The highest BCUT2D eigenvalue weighted by Crippen LogP contribution is 2.35. The quantitative estimate of drug-likeness (QED) is 0.723. The van der Waals surface area contributed by atoms with Gasteiger partial charge in [-0.2, -0.15) is 0 Å². The maximum atomic E-state index is 11.8. The molecule has 1 N–H and O–H groups in total. The number of amides is 1. The number of rotatable bonds is 3. The molecule has 3 aromatic rings. The molecule has 0 spiro atoms. The van der Waals surface area contributed by atoms with Crippen LogP contribution in [0.5, 0.6) is 0 Å². The van der Waals surface area contributed by atoms with Crippen molar-refractivity contribution in [2.24, 2.45) is 0 Å². The Kier molecular flexibility index (Phi) is 4.50. The number of aromatic nitrogens is 3. The number of carbonyl (C=O) groups excluding carboxylic acids is 1. The summed E-state index contributed by atoms with van der Waals surface area (Å²) in [5.74, 6) is 1.68. The van der Waals surface area contributed by atoms with E-state index < -0.39 is 0 Å². The molecule has 5 rings (SSSR count). The van der Waals surface area contributed by atoms with Gasteiger partial charge in [0.2, 0.25) is 0 Å². The van der Waals surface area contributed by atoms with Gasteiger partial charge in [0.1, 0.15) is 11.6 Å². The summed E-state index contributed by atoms with van der Waals surface area (Å²) in [5, 5.41) is 7.01. The number of aryl methyl sites for hydroxylation is 2. The Morgan fingerprint density at radius 2 is 1.97 bits per heavy atom. The van der Waals surface area contributed by atoms with E-state index >= 15 is 0 Å². The van der Waals surface area contributed by atoms with E-state index in [1.165, 1.54) is 0 Å². The second kappa shape index (κ2) is 7.18. The fourth-order valence-electron chi connectivity index (χ4n) is 4.46. The van der Waals surface area contributed by atoms with E-state index in [-0.39, 0.29) is 12.1 Å². The average Bonchev–Trinajstić information content (AvgIpc) is 3.28. The van der Waals surface area contributed by atoms with Crippen molar-refractivity contribution in [3.05, 3.63) is 35.5 Å². The predicted molar refractivity (Wildman–Crippen MR) is 106 cm³/mol. The van der Waals surface area contributed by atoms with Crippen LogP contribution in [0.25, 0.3) is 22.2 Å². The molecule has 2 aliphatic rings. The van der Waals surface area contributed by atoms with Crippen molar-refractivity contribution >= 4 is 17.1 Å². The van der Waals surface area contributed by atoms with Gasteiger partial charge in [0.05, 0.1) is 29.4 Å². The molecule has 0 saturated carbocycles. The minimum absolute atomic E-state index is 0.158. The zero-order valence-electron chi connectivity index (χ0n) is 16.6. The summed E-state index contributed by atoms with van der Waals surface area (Å²) in [4.78, 5) is 16.8. The Bertz CT molecular complexity index is 1040. The molecule has 0 bridgehead atoms. The summed E-state index contributed by atoms with van der Waals surface area (Å²) in [5.41, 5.74) is 4.89. The number of fused-ring (bicyclic) bond motifs is 1. The first kappa shape index (κ1) is 18.2. The Morgan fingerprint density at radius 3 is 2.69 bits per heavy atom. The molecule has 8 heteroatoms. The van der Waals surface area contributed by atoms with Crippen LogP contribution in [0.1, 0.15) is 48.6 Å². The van der Waals surface area contributed by atoms with Gasteiger partial charge >= 0.3 is 6.09 Å². The molecule has 1 aromatic carbocycles. The van der Waals surface area contributed by atoms with Crippen LogP contribution >= 0.6 is 0 Å². The molecule has 8 nitrogen and oxygen atoms in total. The number of nitrogens with one attached hydrogen (secondary N) is 1. The van der Waals surface area contributed by atoms with Crippen molar-refractivity contribution in [3.63, 3.8) is 0 Å². The lowest BCUT2D eigenvalue weighted by Crippen LogP contribution is -2.37. The molecule has 2 aliphatic heterocycles. The number of alkyl carbamates (subject to hydrolysis) is 1. The topological polar surface area (TPSA) is 91.4 Å². The lowest BCUT2D eigenvalue weighted by molar-refractivity contribution is 0.0682. The van der Waals surface area contributed by atoms with Crippen LogP contribution in [0, 0.1) is 13.8 Å². The van der Waals surface area contributed by atoms with Crippen molar-refractivity contribution in [3.8, 4) is 11.1 Å². The molecule has 1 amide bonds. The maximum Gasteiger partial charge on any atom is 0.407 e. The Morgan fingerprint density at radius 1 is 1.14 bits per heavy atom. The van der Waals surface area contributed by atoms with Gasteiger partial charge < -0.3 is 23.9 Å². The lowest BCUT2D eigenvalue weighted by atomic mass is 10.0. The molecule has 29 heavy (non-hydrogen) atoms. The van der Waals surface area contributed by atoms with Gasteiger partial charge in [-0.05, 0) is 44.4 Å². The van der Waals surface area contributed by atoms with E-state index in [0.717, 1.165) is 65.5 Å². The highest BCUT2D eigenvalue weighted by Gasteiger charge is 2.30. The van der Waals surface area contributed by atoms with Gasteiger partial charge in [-0.1, -0.05) is 11.2 Å². The molecular weight excluding hydrogens is 372 g/mol. The number of carbonyl (C=O) groups is 1. The molecule has 152 valence electrons. The van der Waals surface area contributed by atoms with Gasteiger partial charge in [-0.3, -0.25) is 0 Å². The minimum atomic E-state index is -0.386. The van der Waals surface area contributed by atoms with Crippen LogP contribution in [0.3, 0.4) is 0 Å². The summed E-state index contributed by atoms with van der Waals surface area (Å²) in [6, 6.07) is 6.44. The van der Waals surface area contributed by atoms with E-state index in [4.69, 9.17) is 19.0 Å². The SMILES string of the molecule is Cc1noc(C)c1-c1ccc2c(c1)nc([C@@H]1CCOC(=O)N1)n2C1CCOCC1. The van der Waals surface area contributed by atoms with Gasteiger partial charge in [0.25, 0.3) is 0 Å². The van der Waals surface area contributed by atoms with Gasteiger partial charge in [0, 0.05) is 31.2 Å². The third-order valence-electron chi connectivity index (χ3n) is 5.84. The van der Waals surface area contributed by atoms with Crippen molar-refractivity contribution in [2.45, 2.75) is 45.2 Å². The fraction of sp³-hybridized carbons (Fsp3) is 0.476. The van der Waals surface area contributed by atoms with Gasteiger partial charge in [-0.15, -0.1) is 0 Å². The van der Waals surface area contributed by atoms with Crippen LogP contribution in [0.15, 0.2) is 22.7 Å². The smallest absolute Gasteiger partial charge is 0.407 e. The maximum absolute atomic E-state index is 11.8. The normalized spacial score (nSPS) is 20.6. The van der Waals surface area contributed by atoms with Crippen molar-refractivity contribution in [2.75, 3.05) is 19.8 Å². The van der Waals surface area contributed by atoms with Gasteiger partial charge in [0.15, 0.2) is 0 Å². The van der Waals surface area contributed by atoms with E-state index in [1.54, 1.807) is 0 Å². The second-order valence-corrected chi connectivity index (χ2v) is 7.71. The van der Waals surface area contributed by atoms with Crippen molar-refractivity contribution in [1.29, 1.82) is 0 Å². The molecule has 2 aromatic heterocycles. The largest absolute Gasteiger partial charge is 0.449 e. The number of hydrogen-bond donors (Lipinski definition) is 1. The highest BCUT2D eigenvalue weighted by atomic mass is 16.6. The van der Waals surface area contributed by atoms with E-state index in [2.05, 4.69) is 33.2 Å². The van der Waals surface area contributed by atoms with Crippen molar-refractivity contribution in [1.82, 2.24) is 20.0 Å². The van der Waals surface area contributed by atoms with Crippen LogP contribution in [0.2, 0.25) is 0 Å². The minimum Gasteiger partial charge on any atom is -0.449 e. The Labute approximate surface area is 168 Å². The standard InChI is InChI=1S/C21H24N4O4/c1-12-19(13(2)29-24-12)14-3-4-18-17(11-14)22-20(16-7-10-28-21(26)23-16)25(18)15-5-8-27-9-6-15/h3-4,11,15-16H,5-10H2,1-2H3,(H,23,26)/t16-/m0/s1. The number of nitrogens with zero attached hydrogens (tertiary/aromatic N) is 3. The van der Waals surface area contributed by atoms with E-state index in [9.17, 15) is 4.79 Å². The first-order chi connectivity index (χ1) is 14.1. The average molecular weight is 396 g/mol. The first-order valence-electron chi connectivity index (χ1n) is 10.1. The molecule has 2 saturated heterocycles.